The summed E-state index contributed by atoms with van der Waals surface area (Å²) < 4.78 is 0. The second-order valence-corrected chi connectivity index (χ2v) is 6.13. The minimum absolute atomic E-state index is 0.692. The van der Waals surface area contributed by atoms with Gasteiger partial charge >= 0.3 is 0 Å². The summed E-state index contributed by atoms with van der Waals surface area (Å²) in [7, 11) is 0. The van der Waals surface area contributed by atoms with Crippen molar-refractivity contribution in [2.24, 2.45) is 29.1 Å². The van der Waals surface area contributed by atoms with Crippen LogP contribution in [0.25, 0.3) is 0 Å². The normalized spacial score (nSPS) is 58.2. The molecule has 0 nitrogen and oxygen atoms in total. The predicted octanol–water partition coefficient (Wildman–Crippen LogP) is 3.63. The van der Waals surface area contributed by atoms with Crippen LogP contribution >= 0.6 is 0 Å². The van der Waals surface area contributed by atoms with Crippen molar-refractivity contribution in [1.82, 2.24) is 0 Å². The molecular formula is C13H20. The molecule has 3 aliphatic rings. The quantitative estimate of drug-likeness (QED) is 0.494. The highest BCUT2D eigenvalue weighted by molar-refractivity contribution is 5.29. The molecule has 5 atom stereocenters. The van der Waals surface area contributed by atoms with Gasteiger partial charge in [0.05, 0.1) is 0 Å². The molecular weight excluding hydrogens is 156 g/mol. The Morgan fingerprint density at radius 2 is 2.00 bits per heavy atom. The predicted molar refractivity (Wildman–Crippen MR) is 55.3 cm³/mol. The molecule has 3 aliphatic carbocycles. The first-order valence-corrected chi connectivity index (χ1v) is 5.81. The van der Waals surface area contributed by atoms with Gasteiger partial charge in [0, 0.05) is 0 Å². The molecule has 5 unspecified atom stereocenters. The molecule has 2 saturated carbocycles. The highest BCUT2D eigenvalue weighted by Gasteiger charge is 2.54. The van der Waals surface area contributed by atoms with Crippen molar-refractivity contribution < 1.29 is 0 Å². The van der Waals surface area contributed by atoms with Crippen molar-refractivity contribution in [1.29, 1.82) is 0 Å². The molecule has 0 N–H and O–H groups in total. The Labute approximate surface area is 81.4 Å². The van der Waals surface area contributed by atoms with Crippen LogP contribution < -0.4 is 0 Å². The standard InChI is InChI=1S/C13H20/c1-8-4-10-9(2)11-6-13(3,5-8)7-12(10)11/h4,8-9,11-12H,5-7H2,1-3H3. The summed E-state index contributed by atoms with van der Waals surface area (Å²) in [5.74, 6) is 3.83. The van der Waals surface area contributed by atoms with Crippen molar-refractivity contribution >= 4 is 0 Å². The van der Waals surface area contributed by atoms with Crippen LogP contribution in [0.5, 0.6) is 0 Å². The summed E-state index contributed by atoms with van der Waals surface area (Å²) in [4.78, 5) is 0. The Morgan fingerprint density at radius 3 is 2.77 bits per heavy atom. The van der Waals surface area contributed by atoms with Crippen molar-refractivity contribution in [3.8, 4) is 0 Å². The van der Waals surface area contributed by atoms with Crippen LogP contribution in [0.3, 0.4) is 0 Å². The van der Waals surface area contributed by atoms with Crippen molar-refractivity contribution in [3.05, 3.63) is 11.6 Å². The van der Waals surface area contributed by atoms with Gasteiger partial charge in [-0.25, -0.2) is 0 Å². The number of rotatable bonds is 0. The molecule has 2 bridgehead atoms. The largest absolute Gasteiger partial charge is 0.0819 e. The summed E-state index contributed by atoms with van der Waals surface area (Å²) >= 11 is 0. The first-order chi connectivity index (χ1) is 6.09. The van der Waals surface area contributed by atoms with E-state index in [2.05, 4.69) is 26.8 Å². The monoisotopic (exact) mass is 176 g/mol. The molecule has 2 fully saturated rings. The van der Waals surface area contributed by atoms with Crippen LogP contribution in [0, 0.1) is 29.1 Å². The fourth-order valence-electron chi connectivity index (χ4n) is 4.44. The third-order valence-corrected chi connectivity index (χ3v) is 4.85. The maximum atomic E-state index is 2.59. The number of fused-ring (bicyclic) bond motifs is 1. The summed E-state index contributed by atoms with van der Waals surface area (Å²) in [6, 6.07) is 0. The van der Waals surface area contributed by atoms with Gasteiger partial charge in [0.15, 0.2) is 0 Å². The number of hydrogen-bond donors (Lipinski definition) is 0. The zero-order chi connectivity index (χ0) is 9.22. The Hall–Kier alpha value is -0.260. The fraction of sp³-hybridized carbons (Fsp3) is 0.846. The topological polar surface area (TPSA) is 0 Å². The van der Waals surface area contributed by atoms with Crippen molar-refractivity contribution in [2.75, 3.05) is 0 Å². The highest BCUT2D eigenvalue weighted by atomic mass is 14.6. The minimum Gasteiger partial charge on any atom is -0.0819 e. The summed E-state index contributed by atoms with van der Waals surface area (Å²) in [5.41, 5.74) is 2.51. The number of allylic oxidation sites excluding steroid dienone is 2. The Balaban J connectivity index is 2.02. The lowest BCUT2D eigenvalue weighted by Gasteiger charge is -2.43. The molecule has 0 heteroatoms. The third kappa shape index (κ3) is 0.923. The molecule has 0 aromatic rings. The average Bonchev–Trinajstić information content (AvgIpc) is 2.28. The van der Waals surface area contributed by atoms with Crippen LogP contribution in [0.1, 0.15) is 40.0 Å². The van der Waals surface area contributed by atoms with Gasteiger partial charge < -0.3 is 0 Å². The van der Waals surface area contributed by atoms with Gasteiger partial charge in [0.2, 0.25) is 0 Å². The van der Waals surface area contributed by atoms with E-state index in [0.717, 1.165) is 23.7 Å². The molecule has 0 heterocycles. The first kappa shape index (κ1) is 8.08. The summed E-state index contributed by atoms with van der Waals surface area (Å²) in [5, 5.41) is 0. The Bertz CT molecular complexity index is 276. The molecule has 0 saturated heterocycles. The summed E-state index contributed by atoms with van der Waals surface area (Å²) in [6.45, 7) is 7.36. The van der Waals surface area contributed by atoms with Crippen molar-refractivity contribution in [3.63, 3.8) is 0 Å². The lowest BCUT2D eigenvalue weighted by Crippen LogP contribution is -2.34. The van der Waals surface area contributed by atoms with Gasteiger partial charge in [-0.15, -0.1) is 0 Å². The van der Waals surface area contributed by atoms with E-state index in [1.165, 1.54) is 19.3 Å². The van der Waals surface area contributed by atoms with Crippen LogP contribution in [-0.2, 0) is 0 Å². The molecule has 0 aliphatic heterocycles. The van der Waals surface area contributed by atoms with E-state index >= 15 is 0 Å². The average molecular weight is 176 g/mol. The summed E-state index contributed by atoms with van der Waals surface area (Å²) in [6.07, 6.45) is 7.05. The van der Waals surface area contributed by atoms with E-state index in [0.29, 0.717) is 5.41 Å². The maximum absolute atomic E-state index is 2.59. The van der Waals surface area contributed by atoms with E-state index in [9.17, 15) is 0 Å². The smallest absolute Gasteiger partial charge is 0.0161 e. The van der Waals surface area contributed by atoms with Gasteiger partial charge in [-0.2, -0.15) is 0 Å². The van der Waals surface area contributed by atoms with Crippen LogP contribution in [0.15, 0.2) is 11.6 Å². The van der Waals surface area contributed by atoms with E-state index in [1.54, 1.807) is 0 Å². The lowest BCUT2D eigenvalue weighted by molar-refractivity contribution is 0.205. The van der Waals surface area contributed by atoms with E-state index < -0.39 is 0 Å². The second kappa shape index (κ2) is 2.21. The molecule has 3 rings (SSSR count). The molecule has 72 valence electrons. The zero-order valence-corrected chi connectivity index (χ0v) is 9.01. The molecule has 0 aromatic heterocycles. The maximum Gasteiger partial charge on any atom is -0.0161 e. The minimum atomic E-state index is 0.692. The lowest BCUT2D eigenvalue weighted by atomic mass is 9.62. The highest BCUT2D eigenvalue weighted by Crippen LogP contribution is 2.64. The SMILES string of the molecule is CC1C=C2C(C)C3CC(C)(C1)CC23. The number of hydrogen-bond acceptors (Lipinski definition) is 0. The van der Waals surface area contributed by atoms with Gasteiger partial charge in [0.1, 0.15) is 0 Å². The van der Waals surface area contributed by atoms with Gasteiger partial charge in [-0.05, 0) is 48.3 Å². The zero-order valence-electron chi connectivity index (χ0n) is 9.01. The van der Waals surface area contributed by atoms with E-state index in [1.807, 2.05) is 5.57 Å². The molecule has 0 radical (unpaired) electrons. The Morgan fingerprint density at radius 1 is 1.23 bits per heavy atom. The van der Waals surface area contributed by atoms with Gasteiger partial charge in [-0.3, -0.25) is 0 Å². The third-order valence-electron chi connectivity index (χ3n) is 4.85. The van der Waals surface area contributed by atoms with Gasteiger partial charge in [0.25, 0.3) is 0 Å². The van der Waals surface area contributed by atoms with Crippen LogP contribution in [-0.4, -0.2) is 0 Å². The van der Waals surface area contributed by atoms with E-state index in [4.69, 9.17) is 0 Å². The van der Waals surface area contributed by atoms with E-state index in [-0.39, 0.29) is 0 Å². The second-order valence-electron chi connectivity index (χ2n) is 6.13. The van der Waals surface area contributed by atoms with Crippen molar-refractivity contribution in [2.45, 2.75) is 40.0 Å². The first-order valence-electron chi connectivity index (χ1n) is 5.81. The Kier molecular flexibility index (Phi) is 1.38. The molecule has 0 aromatic carbocycles. The van der Waals surface area contributed by atoms with Gasteiger partial charge in [-0.1, -0.05) is 32.4 Å². The molecule has 0 spiro atoms. The molecule has 13 heavy (non-hydrogen) atoms. The van der Waals surface area contributed by atoms with Crippen LogP contribution in [0.2, 0.25) is 0 Å². The fourth-order valence-corrected chi connectivity index (χ4v) is 4.44. The van der Waals surface area contributed by atoms with Crippen LogP contribution in [0.4, 0.5) is 0 Å². The molecule has 0 amide bonds.